The van der Waals surface area contributed by atoms with Crippen LogP contribution >= 0.6 is 11.8 Å². The van der Waals surface area contributed by atoms with E-state index in [0.29, 0.717) is 18.2 Å². The van der Waals surface area contributed by atoms with Crippen molar-refractivity contribution in [2.45, 2.75) is 6.92 Å². The molecular formula is C13H20N2O2S. The highest BCUT2D eigenvalue weighted by molar-refractivity contribution is 7.99. The van der Waals surface area contributed by atoms with Crippen LogP contribution in [0.3, 0.4) is 0 Å². The third kappa shape index (κ3) is 5.42. The van der Waals surface area contributed by atoms with E-state index in [1.54, 1.807) is 24.9 Å². The zero-order chi connectivity index (χ0) is 13.4. The van der Waals surface area contributed by atoms with Gasteiger partial charge in [-0.05, 0) is 30.3 Å². The SMILES string of the molecule is COc1cccc(NC(=O)CSCC(C)CN)c1. The molecule has 1 unspecified atom stereocenters. The Hall–Kier alpha value is -1.20. The third-order valence-electron chi connectivity index (χ3n) is 2.39. The molecule has 4 nitrogen and oxygen atoms in total. The Labute approximate surface area is 112 Å². The van der Waals surface area contributed by atoms with E-state index in [-0.39, 0.29) is 5.91 Å². The molecule has 1 rings (SSSR count). The van der Waals surface area contributed by atoms with Crippen molar-refractivity contribution >= 4 is 23.4 Å². The molecule has 0 heterocycles. The largest absolute Gasteiger partial charge is 0.497 e. The van der Waals surface area contributed by atoms with Crippen molar-refractivity contribution in [3.8, 4) is 5.75 Å². The molecule has 0 aliphatic rings. The molecule has 1 aromatic carbocycles. The van der Waals surface area contributed by atoms with Crippen molar-refractivity contribution in [3.63, 3.8) is 0 Å². The normalized spacial score (nSPS) is 11.9. The minimum absolute atomic E-state index is 0.00234. The Morgan fingerprint density at radius 1 is 1.56 bits per heavy atom. The van der Waals surface area contributed by atoms with Gasteiger partial charge in [0.1, 0.15) is 5.75 Å². The van der Waals surface area contributed by atoms with Crippen LogP contribution in [0.25, 0.3) is 0 Å². The van der Waals surface area contributed by atoms with Crippen molar-refractivity contribution in [2.24, 2.45) is 11.7 Å². The first-order valence-corrected chi connectivity index (χ1v) is 7.03. The topological polar surface area (TPSA) is 64.3 Å². The predicted molar refractivity (Wildman–Crippen MR) is 77.2 cm³/mol. The number of carbonyl (C=O) groups excluding carboxylic acids is 1. The van der Waals surface area contributed by atoms with E-state index in [9.17, 15) is 4.79 Å². The average Bonchev–Trinajstić information content (AvgIpc) is 2.38. The summed E-state index contributed by atoms with van der Waals surface area (Å²) in [6.07, 6.45) is 0. The Morgan fingerprint density at radius 3 is 3.00 bits per heavy atom. The maximum atomic E-state index is 11.7. The maximum Gasteiger partial charge on any atom is 0.234 e. The molecule has 1 atom stereocenters. The first-order chi connectivity index (χ1) is 8.65. The molecule has 1 aromatic rings. The Morgan fingerprint density at radius 2 is 2.33 bits per heavy atom. The third-order valence-corrected chi connectivity index (χ3v) is 3.66. The number of methoxy groups -OCH3 is 1. The van der Waals surface area contributed by atoms with Gasteiger partial charge in [0.2, 0.25) is 5.91 Å². The molecule has 0 radical (unpaired) electrons. The summed E-state index contributed by atoms with van der Waals surface area (Å²) in [5, 5.41) is 2.84. The summed E-state index contributed by atoms with van der Waals surface area (Å²) >= 11 is 1.60. The number of ether oxygens (including phenoxy) is 1. The smallest absolute Gasteiger partial charge is 0.234 e. The highest BCUT2D eigenvalue weighted by Gasteiger charge is 2.05. The van der Waals surface area contributed by atoms with E-state index in [0.717, 1.165) is 17.2 Å². The minimum Gasteiger partial charge on any atom is -0.497 e. The number of hydrogen-bond donors (Lipinski definition) is 2. The zero-order valence-corrected chi connectivity index (χ0v) is 11.6. The van der Waals surface area contributed by atoms with Crippen molar-refractivity contribution in [2.75, 3.05) is 30.5 Å². The Kier molecular flexibility index (Phi) is 6.60. The number of benzene rings is 1. The van der Waals surface area contributed by atoms with Crippen LogP contribution in [0.4, 0.5) is 5.69 Å². The summed E-state index contributed by atoms with van der Waals surface area (Å²) in [6.45, 7) is 2.73. The number of hydrogen-bond acceptors (Lipinski definition) is 4. The van der Waals surface area contributed by atoms with Crippen LogP contribution in [0, 0.1) is 5.92 Å². The van der Waals surface area contributed by atoms with Gasteiger partial charge < -0.3 is 15.8 Å². The van der Waals surface area contributed by atoms with Gasteiger partial charge in [-0.2, -0.15) is 11.8 Å². The summed E-state index contributed by atoms with van der Waals surface area (Å²) < 4.78 is 5.09. The Balaban J connectivity index is 2.35. The van der Waals surface area contributed by atoms with Crippen molar-refractivity contribution in [3.05, 3.63) is 24.3 Å². The lowest BCUT2D eigenvalue weighted by molar-refractivity contribution is -0.113. The fourth-order valence-corrected chi connectivity index (χ4v) is 2.23. The van der Waals surface area contributed by atoms with Crippen LogP contribution in [-0.2, 0) is 4.79 Å². The van der Waals surface area contributed by atoms with Gasteiger partial charge in [0.05, 0.1) is 12.9 Å². The molecule has 0 aliphatic heterocycles. The van der Waals surface area contributed by atoms with E-state index in [1.165, 1.54) is 0 Å². The number of thioether (sulfide) groups is 1. The standard InChI is InChI=1S/C13H20N2O2S/c1-10(7-14)8-18-9-13(16)15-11-4-3-5-12(6-11)17-2/h3-6,10H,7-9,14H2,1-2H3,(H,15,16). The molecule has 18 heavy (non-hydrogen) atoms. The van der Waals surface area contributed by atoms with Gasteiger partial charge >= 0.3 is 0 Å². The van der Waals surface area contributed by atoms with Crippen LogP contribution in [-0.4, -0.2) is 31.1 Å². The van der Waals surface area contributed by atoms with Crippen molar-refractivity contribution < 1.29 is 9.53 Å². The molecular weight excluding hydrogens is 248 g/mol. The van der Waals surface area contributed by atoms with E-state index < -0.39 is 0 Å². The monoisotopic (exact) mass is 268 g/mol. The molecule has 100 valence electrons. The number of rotatable bonds is 7. The Bertz CT molecular complexity index is 385. The highest BCUT2D eigenvalue weighted by Crippen LogP contribution is 2.17. The van der Waals surface area contributed by atoms with Gasteiger partial charge in [-0.1, -0.05) is 13.0 Å². The van der Waals surface area contributed by atoms with E-state index in [2.05, 4.69) is 12.2 Å². The van der Waals surface area contributed by atoms with Gasteiger partial charge in [-0.3, -0.25) is 4.79 Å². The number of nitrogens with one attached hydrogen (secondary N) is 1. The molecule has 0 fully saturated rings. The van der Waals surface area contributed by atoms with Gasteiger partial charge in [-0.15, -0.1) is 0 Å². The summed E-state index contributed by atoms with van der Waals surface area (Å²) in [4.78, 5) is 11.7. The summed E-state index contributed by atoms with van der Waals surface area (Å²) in [7, 11) is 1.60. The molecule has 3 N–H and O–H groups in total. The number of nitrogens with two attached hydrogens (primary N) is 1. The molecule has 0 spiro atoms. The lowest BCUT2D eigenvalue weighted by Gasteiger charge is -2.09. The number of amides is 1. The van der Waals surface area contributed by atoms with Crippen LogP contribution in [0.1, 0.15) is 6.92 Å². The molecule has 5 heteroatoms. The van der Waals surface area contributed by atoms with Crippen LogP contribution in [0.15, 0.2) is 24.3 Å². The highest BCUT2D eigenvalue weighted by atomic mass is 32.2. The van der Waals surface area contributed by atoms with Gasteiger partial charge in [-0.25, -0.2) is 0 Å². The molecule has 0 saturated heterocycles. The second kappa shape index (κ2) is 8.00. The molecule has 1 amide bonds. The first kappa shape index (κ1) is 14.9. The number of anilines is 1. The lowest BCUT2D eigenvalue weighted by Crippen LogP contribution is -2.17. The van der Waals surface area contributed by atoms with E-state index in [1.807, 2.05) is 18.2 Å². The maximum absolute atomic E-state index is 11.7. The van der Waals surface area contributed by atoms with Crippen molar-refractivity contribution in [1.82, 2.24) is 0 Å². The second-order valence-electron chi connectivity index (χ2n) is 4.14. The zero-order valence-electron chi connectivity index (χ0n) is 10.8. The van der Waals surface area contributed by atoms with Crippen LogP contribution in [0.5, 0.6) is 5.75 Å². The average molecular weight is 268 g/mol. The number of carbonyl (C=O) groups is 1. The first-order valence-electron chi connectivity index (χ1n) is 5.87. The molecule has 0 aromatic heterocycles. The molecule has 0 bridgehead atoms. The van der Waals surface area contributed by atoms with E-state index >= 15 is 0 Å². The van der Waals surface area contributed by atoms with Crippen LogP contribution in [0.2, 0.25) is 0 Å². The van der Waals surface area contributed by atoms with Gasteiger partial charge in [0, 0.05) is 11.8 Å². The quantitative estimate of drug-likeness (QED) is 0.793. The van der Waals surface area contributed by atoms with Gasteiger partial charge in [0.15, 0.2) is 0 Å². The molecule has 0 aliphatic carbocycles. The fraction of sp³-hybridized carbons (Fsp3) is 0.462. The van der Waals surface area contributed by atoms with E-state index in [4.69, 9.17) is 10.5 Å². The minimum atomic E-state index is -0.00234. The summed E-state index contributed by atoms with van der Waals surface area (Å²) in [6, 6.07) is 7.32. The van der Waals surface area contributed by atoms with Gasteiger partial charge in [0.25, 0.3) is 0 Å². The second-order valence-corrected chi connectivity index (χ2v) is 5.17. The lowest BCUT2D eigenvalue weighted by atomic mass is 10.2. The van der Waals surface area contributed by atoms with Crippen molar-refractivity contribution in [1.29, 1.82) is 0 Å². The predicted octanol–water partition coefficient (Wildman–Crippen LogP) is 1.96. The molecule has 0 saturated carbocycles. The summed E-state index contributed by atoms with van der Waals surface area (Å²) in [5.74, 6) is 2.53. The summed E-state index contributed by atoms with van der Waals surface area (Å²) in [5.41, 5.74) is 6.27. The van der Waals surface area contributed by atoms with Crippen LogP contribution < -0.4 is 15.8 Å². The fourth-order valence-electron chi connectivity index (χ4n) is 1.32.